The van der Waals surface area contributed by atoms with Gasteiger partial charge in [-0.2, -0.15) is 0 Å². The van der Waals surface area contributed by atoms with Crippen LogP contribution in [0.1, 0.15) is 38.2 Å². The van der Waals surface area contributed by atoms with E-state index in [1.807, 2.05) is 19.1 Å². The maximum Gasteiger partial charge on any atom is 0.146 e. The van der Waals surface area contributed by atoms with Crippen LogP contribution >= 0.6 is 0 Å². The lowest BCUT2D eigenvalue weighted by molar-refractivity contribution is 0.359. The van der Waals surface area contributed by atoms with Crippen LogP contribution in [0.3, 0.4) is 0 Å². The molecular weight excluding hydrogens is 239 g/mol. The zero-order chi connectivity index (χ0) is 13.4. The first-order valence-corrected chi connectivity index (χ1v) is 7.47. The largest absolute Gasteiger partial charge is 0.363 e. The van der Waals surface area contributed by atoms with Gasteiger partial charge in [0, 0.05) is 18.1 Å². The number of benzene rings is 1. The third-order valence-electron chi connectivity index (χ3n) is 4.61. The molecule has 2 saturated heterocycles. The minimum Gasteiger partial charge on any atom is -0.363 e. The minimum absolute atomic E-state index is 0.0654. The molecule has 2 bridgehead atoms. The van der Waals surface area contributed by atoms with Crippen LogP contribution in [0.25, 0.3) is 0 Å². The van der Waals surface area contributed by atoms with Crippen molar-refractivity contribution in [3.8, 4) is 0 Å². The first-order valence-electron chi connectivity index (χ1n) is 7.47. The van der Waals surface area contributed by atoms with E-state index in [1.165, 1.54) is 12.8 Å². The van der Waals surface area contributed by atoms with Crippen LogP contribution in [0, 0.1) is 12.7 Å². The number of aryl methyl sites for hydroxylation is 1. The summed E-state index contributed by atoms with van der Waals surface area (Å²) >= 11 is 0. The highest BCUT2D eigenvalue weighted by atomic mass is 19.1. The highest BCUT2D eigenvalue weighted by molar-refractivity contribution is 5.53. The van der Waals surface area contributed by atoms with E-state index < -0.39 is 0 Å². The molecule has 0 aromatic heterocycles. The monoisotopic (exact) mass is 262 g/mol. The molecule has 0 radical (unpaired) electrons. The zero-order valence-electron chi connectivity index (χ0n) is 11.8. The lowest BCUT2D eigenvalue weighted by atomic mass is 9.96. The second kappa shape index (κ2) is 5.12. The van der Waals surface area contributed by atoms with Gasteiger partial charge in [0.2, 0.25) is 0 Å². The summed E-state index contributed by atoms with van der Waals surface area (Å²) in [7, 11) is 0. The molecular formula is C16H23FN2. The average molecular weight is 262 g/mol. The van der Waals surface area contributed by atoms with Crippen molar-refractivity contribution in [2.24, 2.45) is 0 Å². The topological polar surface area (TPSA) is 15.3 Å². The first kappa shape index (κ1) is 12.9. The van der Waals surface area contributed by atoms with Crippen molar-refractivity contribution in [1.82, 2.24) is 5.32 Å². The Hall–Kier alpha value is -1.09. The number of fused-ring (bicyclic) bond motifs is 2. The molecule has 2 heterocycles. The average Bonchev–Trinajstić information content (AvgIpc) is 2.64. The summed E-state index contributed by atoms with van der Waals surface area (Å²) in [5.74, 6) is -0.0654. The van der Waals surface area contributed by atoms with Crippen LogP contribution in [-0.4, -0.2) is 24.7 Å². The molecule has 1 aromatic carbocycles. The van der Waals surface area contributed by atoms with Crippen molar-refractivity contribution in [3.05, 3.63) is 29.6 Å². The second-order valence-corrected chi connectivity index (χ2v) is 5.97. The van der Waals surface area contributed by atoms with E-state index in [-0.39, 0.29) is 5.82 Å². The first-order chi connectivity index (χ1) is 9.19. The van der Waals surface area contributed by atoms with Crippen LogP contribution in [-0.2, 0) is 0 Å². The van der Waals surface area contributed by atoms with Gasteiger partial charge in [-0.1, -0.05) is 13.0 Å². The molecule has 0 amide bonds. The van der Waals surface area contributed by atoms with Crippen molar-refractivity contribution in [3.63, 3.8) is 0 Å². The molecule has 2 atom stereocenters. The number of piperidine rings is 1. The third kappa shape index (κ3) is 2.36. The number of rotatable bonds is 3. The molecule has 1 N–H and O–H groups in total. The molecule has 3 heteroatoms. The molecule has 2 aliphatic rings. The Morgan fingerprint density at radius 1 is 1.26 bits per heavy atom. The van der Waals surface area contributed by atoms with Crippen LogP contribution in [0.15, 0.2) is 18.2 Å². The van der Waals surface area contributed by atoms with Crippen molar-refractivity contribution in [2.45, 2.75) is 57.7 Å². The second-order valence-electron chi connectivity index (χ2n) is 5.97. The molecule has 2 unspecified atom stereocenters. The highest BCUT2D eigenvalue weighted by Crippen LogP contribution is 2.40. The number of anilines is 1. The molecule has 0 saturated carbocycles. The van der Waals surface area contributed by atoms with Gasteiger partial charge in [0.05, 0.1) is 5.69 Å². The molecule has 2 aliphatic heterocycles. The molecule has 3 rings (SSSR count). The zero-order valence-corrected chi connectivity index (χ0v) is 11.8. The maximum atomic E-state index is 14.1. The van der Waals surface area contributed by atoms with E-state index >= 15 is 0 Å². The van der Waals surface area contributed by atoms with Gasteiger partial charge < -0.3 is 10.2 Å². The number of halogens is 1. The Balaban J connectivity index is 1.85. The van der Waals surface area contributed by atoms with E-state index in [0.717, 1.165) is 30.6 Å². The fourth-order valence-electron chi connectivity index (χ4n) is 3.85. The van der Waals surface area contributed by atoms with Crippen molar-refractivity contribution >= 4 is 5.69 Å². The van der Waals surface area contributed by atoms with Gasteiger partial charge in [0.25, 0.3) is 0 Å². The van der Waals surface area contributed by atoms with Gasteiger partial charge in [0.15, 0.2) is 0 Å². The Kier molecular flexibility index (Phi) is 3.48. The van der Waals surface area contributed by atoms with E-state index in [9.17, 15) is 4.39 Å². The van der Waals surface area contributed by atoms with E-state index in [4.69, 9.17) is 0 Å². The minimum atomic E-state index is -0.0654. The van der Waals surface area contributed by atoms with Gasteiger partial charge in [-0.15, -0.1) is 0 Å². The normalized spacial score (nSPS) is 29.8. The van der Waals surface area contributed by atoms with Crippen molar-refractivity contribution in [1.29, 1.82) is 0 Å². The predicted octanol–water partition coefficient (Wildman–Crippen LogP) is 3.24. The predicted molar refractivity (Wildman–Crippen MR) is 77.1 cm³/mol. The van der Waals surface area contributed by atoms with Crippen LogP contribution in [0.4, 0.5) is 10.1 Å². The van der Waals surface area contributed by atoms with Crippen molar-refractivity contribution in [2.75, 3.05) is 11.4 Å². The van der Waals surface area contributed by atoms with Crippen LogP contribution < -0.4 is 10.2 Å². The highest BCUT2D eigenvalue weighted by Gasteiger charge is 2.41. The molecule has 2 fully saturated rings. The molecule has 0 aliphatic carbocycles. The Morgan fingerprint density at radius 2 is 1.95 bits per heavy atom. The number of nitrogens with zero attached hydrogens (tertiary/aromatic N) is 1. The summed E-state index contributed by atoms with van der Waals surface area (Å²) in [6.45, 7) is 5.23. The SMILES string of the molecule is CCNC1CC2CCC(C1)N2c1cc(C)ccc1F. The molecule has 0 spiro atoms. The van der Waals surface area contributed by atoms with Crippen LogP contribution in [0.5, 0.6) is 0 Å². The van der Waals surface area contributed by atoms with Gasteiger partial charge in [-0.3, -0.25) is 0 Å². The summed E-state index contributed by atoms with van der Waals surface area (Å²) in [6.07, 6.45) is 4.72. The molecule has 2 nitrogen and oxygen atoms in total. The molecule has 19 heavy (non-hydrogen) atoms. The lowest BCUT2D eigenvalue weighted by Gasteiger charge is -2.41. The smallest absolute Gasteiger partial charge is 0.146 e. The Morgan fingerprint density at radius 3 is 2.58 bits per heavy atom. The van der Waals surface area contributed by atoms with Gasteiger partial charge in [-0.05, 0) is 56.8 Å². The van der Waals surface area contributed by atoms with Crippen molar-refractivity contribution < 1.29 is 4.39 Å². The lowest BCUT2D eigenvalue weighted by Crippen LogP contribution is -2.49. The van der Waals surface area contributed by atoms with E-state index in [2.05, 4.69) is 17.1 Å². The van der Waals surface area contributed by atoms with Crippen LogP contribution in [0.2, 0.25) is 0 Å². The quantitative estimate of drug-likeness (QED) is 0.899. The third-order valence-corrected chi connectivity index (χ3v) is 4.61. The fourth-order valence-corrected chi connectivity index (χ4v) is 3.85. The summed E-state index contributed by atoms with van der Waals surface area (Å²) in [4.78, 5) is 2.36. The van der Waals surface area contributed by atoms with E-state index in [1.54, 1.807) is 6.07 Å². The Bertz CT molecular complexity index is 446. The number of nitrogens with one attached hydrogen (secondary N) is 1. The maximum absolute atomic E-state index is 14.1. The Labute approximate surface area is 115 Å². The summed E-state index contributed by atoms with van der Waals surface area (Å²) in [6, 6.07) is 7.12. The summed E-state index contributed by atoms with van der Waals surface area (Å²) in [5, 5.41) is 3.56. The van der Waals surface area contributed by atoms with Gasteiger partial charge >= 0.3 is 0 Å². The summed E-state index contributed by atoms with van der Waals surface area (Å²) in [5.41, 5.74) is 1.96. The molecule has 104 valence electrons. The summed E-state index contributed by atoms with van der Waals surface area (Å²) < 4.78 is 14.1. The number of hydrogen-bond donors (Lipinski definition) is 1. The number of hydrogen-bond acceptors (Lipinski definition) is 2. The fraction of sp³-hybridized carbons (Fsp3) is 0.625. The van der Waals surface area contributed by atoms with E-state index in [0.29, 0.717) is 18.1 Å². The van der Waals surface area contributed by atoms with Gasteiger partial charge in [0.1, 0.15) is 5.82 Å². The standard InChI is InChI=1S/C16H23FN2/c1-3-18-12-9-13-5-6-14(10-12)19(13)16-8-11(2)4-7-15(16)17/h4,7-8,12-14,18H,3,5-6,9-10H2,1-2H3. The molecule has 1 aromatic rings. The van der Waals surface area contributed by atoms with Gasteiger partial charge in [-0.25, -0.2) is 4.39 Å².